The smallest absolute Gasteiger partial charge is 0.331 e. The van der Waals surface area contributed by atoms with Crippen molar-refractivity contribution in [3.05, 3.63) is 28.2 Å². The summed E-state index contributed by atoms with van der Waals surface area (Å²) in [5.41, 5.74) is -0.979. The van der Waals surface area contributed by atoms with Crippen LogP contribution in [-0.2, 0) is 10.3 Å². The topological polar surface area (TPSA) is 72.2 Å². The molecule has 5 heteroatoms. The van der Waals surface area contributed by atoms with Gasteiger partial charge in [0, 0.05) is 6.07 Å². The fraction of sp³-hybridized carbons (Fsp3) is 0.545. The van der Waals surface area contributed by atoms with E-state index < -0.39 is 11.5 Å². The Morgan fingerprint density at radius 1 is 1.44 bits per heavy atom. The molecule has 0 unspecified atom stereocenters. The lowest BCUT2D eigenvalue weighted by Gasteiger charge is -2.27. The summed E-state index contributed by atoms with van der Waals surface area (Å²) in [6, 6.07) is 2.93. The van der Waals surface area contributed by atoms with Crippen molar-refractivity contribution in [1.29, 1.82) is 0 Å². The average molecular weight is 224 g/mol. The van der Waals surface area contributed by atoms with E-state index in [9.17, 15) is 14.7 Å². The Balaban J connectivity index is 3.48. The maximum Gasteiger partial charge on any atom is 0.331 e. The number of aromatic nitrogens is 2. The van der Waals surface area contributed by atoms with Crippen molar-refractivity contribution in [2.45, 2.75) is 39.2 Å². The maximum atomic E-state index is 11.7. The lowest BCUT2D eigenvalue weighted by molar-refractivity contribution is -0.149. The number of carbonyl (C=O) groups is 1. The molecule has 0 amide bonds. The molecule has 0 aliphatic rings. The summed E-state index contributed by atoms with van der Waals surface area (Å²) in [6.07, 6.45) is 0.657. The van der Waals surface area contributed by atoms with E-state index in [2.05, 4.69) is 5.10 Å². The Hall–Kier alpha value is -1.65. The van der Waals surface area contributed by atoms with Gasteiger partial charge in [0.1, 0.15) is 0 Å². The van der Waals surface area contributed by atoms with E-state index >= 15 is 0 Å². The average Bonchev–Trinajstić information content (AvgIpc) is 2.25. The van der Waals surface area contributed by atoms with Crippen LogP contribution >= 0.6 is 0 Å². The largest absolute Gasteiger partial charge is 0.479 e. The highest BCUT2D eigenvalue weighted by Gasteiger charge is 2.38. The number of nitrogens with zero attached hydrogens (tertiary/aromatic N) is 2. The van der Waals surface area contributed by atoms with Crippen LogP contribution in [0.1, 0.15) is 32.4 Å². The van der Waals surface area contributed by atoms with E-state index in [4.69, 9.17) is 0 Å². The van der Waals surface area contributed by atoms with Gasteiger partial charge in [0.05, 0.1) is 5.69 Å². The molecule has 1 aromatic rings. The molecule has 1 heterocycles. The molecule has 0 spiro atoms. The Kier molecular flexibility index (Phi) is 3.47. The van der Waals surface area contributed by atoms with Crippen molar-refractivity contribution < 1.29 is 9.90 Å². The molecule has 0 aromatic carbocycles. The summed E-state index contributed by atoms with van der Waals surface area (Å²) < 4.78 is 1.09. The molecule has 0 fully saturated rings. The number of hydrogen-bond donors (Lipinski definition) is 1. The van der Waals surface area contributed by atoms with Crippen molar-refractivity contribution >= 4 is 5.97 Å². The van der Waals surface area contributed by atoms with Crippen molar-refractivity contribution in [3.63, 3.8) is 0 Å². The summed E-state index contributed by atoms with van der Waals surface area (Å²) in [6.45, 7) is 5.22. The van der Waals surface area contributed by atoms with E-state index in [0.29, 0.717) is 18.5 Å². The van der Waals surface area contributed by atoms with Crippen LogP contribution in [0.5, 0.6) is 0 Å². The second-order valence-corrected chi connectivity index (χ2v) is 3.77. The lowest BCUT2D eigenvalue weighted by atomic mass is 9.93. The first-order chi connectivity index (χ1) is 7.47. The van der Waals surface area contributed by atoms with Crippen LogP contribution in [0.4, 0.5) is 0 Å². The fourth-order valence-electron chi connectivity index (χ4n) is 1.75. The number of carboxylic acid groups (broad SMARTS) is 1. The Morgan fingerprint density at radius 3 is 2.44 bits per heavy atom. The van der Waals surface area contributed by atoms with Gasteiger partial charge in [0.15, 0.2) is 5.54 Å². The van der Waals surface area contributed by atoms with Crippen LogP contribution in [0.2, 0.25) is 0 Å². The van der Waals surface area contributed by atoms with Crippen LogP contribution in [0, 0.1) is 6.92 Å². The van der Waals surface area contributed by atoms with Gasteiger partial charge in [-0.25, -0.2) is 9.48 Å². The van der Waals surface area contributed by atoms with Crippen LogP contribution in [0.3, 0.4) is 0 Å². The normalized spacial score (nSPS) is 11.4. The second-order valence-electron chi connectivity index (χ2n) is 3.77. The minimum atomic E-state index is -1.23. The third-order valence-electron chi connectivity index (χ3n) is 2.91. The van der Waals surface area contributed by atoms with Crippen molar-refractivity contribution in [1.82, 2.24) is 9.78 Å². The Bertz CT molecular complexity index is 447. The molecule has 1 aromatic heterocycles. The predicted molar refractivity (Wildman–Crippen MR) is 59.4 cm³/mol. The number of carboxylic acids is 1. The zero-order chi connectivity index (χ0) is 12.3. The molecule has 0 saturated carbocycles. The van der Waals surface area contributed by atoms with Crippen LogP contribution in [0.25, 0.3) is 0 Å². The minimum absolute atomic E-state index is 0.329. The molecule has 5 nitrogen and oxygen atoms in total. The zero-order valence-electron chi connectivity index (χ0n) is 9.73. The van der Waals surface area contributed by atoms with Gasteiger partial charge in [-0.1, -0.05) is 13.8 Å². The SMILES string of the molecule is CCC(CC)(C(=O)O)n1nc(C)ccc1=O. The number of aliphatic carboxylic acids is 1. The summed E-state index contributed by atoms with van der Waals surface area (Å²) in [5, 5.41) is 13.3. The first-order valence-electron chi connectivity index (χ1n) is 5.28. The Labute approximate surface area is 93.7 Å². The first-order valence-corrected chi connectivity index (χ1v) is 5.28. The van der Waals surface area contributed by atoms with Crippen LogP contribution in [-0.4, -0.2) is 20.9 Å². The van der Waals surface area contributed by atoms with Gasteiger partial charge in [-0.3, -0.25) is 4.79 Å². The van der Waals surface area contributed by atoms with Crippen molar-refractivity contribution in [2.75, 3.05) is 0 Å². The minimum Gasteiger partial charge on any atom is -0.479 e. The molecule has 1 N–H and O–H groups in total. The Morgan fingerprint density at radius 2 is 2.00 bits per heavy atom. The third-order valence-corrected chi connectivity index (χ3v) is 2.91. The summed E-state index contributed by atoms with van der Waals surface area (Å²) in [4.78, 5) is 23.0. The molecule has 0 aliphatic carbocycles. The first kappa shape index (κ1) is 12.4. The standard InChI is InChI=1S/C11H16N2O3/c1-4-11(5-2,10(15)16)13-9(14)7-6-8(3)12-13/h6-7H,4-5H2,1-3H3,(H,15,16). The molecule has 16 heavy (non-hydrogen) atoms. The zero-order valence-corrected chi connectivity index (χ0v) is 9.73. The van der Waals surface area contributed by atoms with Crippen molar-refractivity contribution in [3.8, 4) is 0 Å². The molecule has 1 rings (SSSR count). The van der Waals surface area contributed by atoms with Crippen molar-refractivity contribution in [2.24, 2.45) is 0 Å². The molecule has 0 bridgehead atoms. The van der Waals surface area contributed by atoms with Gasteiger partial charge in [-0.2, -0.15) is 5.10 Å². The summed E-state index contributed by atoms with van der Waals surface area (Å²) in [5.74, 6) is -1.02. The van der Waals surface area contributed by atoms with Gasteiger partial charge in [-0.15, -0.1) is 0 Å². The summed E-state index contributed by atoms with van der Waals surface area (Å²) >= 11 is 0. The highest BCUT2D eigenvalue weighted by molar-refractivity contribution is 5.76. The van der Waals surface area contributed by atoms with Gasteiger partial charge >= 0.3 is 5.97 Å². The van der Waals surface area contributed by atoms with Gasteiger partial charge in [0.2, 0.25) is 0 Å². The van der Waals surface area contributed by atoms with E-state index in [1.807, 2.05) is 0 Å². The van der Waals surface area contributed by atoms with Crippen LogP contribution < -0.4 is 5.56 Å². The van der Waals surface area contributed by atoms with E-state index in [1.54, 1.807) is 26.8 Å². The molecular weight excluding hydrogens is 208 g/mol. The van der Waals surface area contributed by atoms with E-state index in [0.717, 1.165) is 4.68 Å². The van der Waals surface area contributed by atoms with Gasteiger partial charge in [0.25, 0.3) is 5.56 Å². The number of aryl methyl sites for hydroxylation is 1. The summed E-state index contributed by atoms with van der Waals surface area (Å²) in [7, 11) is 0. The monoisotopic (exact) mass is 224 g/mol. The van der Waals surface area contributed by atoms with Crippen LogP contribution in [0.15, 0.2) is 16.9 Å². The molecule has 0 atom stereocenters. The van der Waals surface area contributed by atoms with Gasteiger partial charge in [-0.05, 0) is 25.8 Å². The number of hydrogen-bond acceptors (Lipinski definition) is 3. The fourth-order valence-corrected chi connectivity index (χ4v) is 1.75. The highest BCUT2D eigenvalue weighted by atomic mass is 16.4. The number of rotatable bonds is 4. The maximum absolute atomic E-state index is 11.7. The molecule has 0 radical (unpaired) electrons. The lowest BCUT2D eigenvalue weighted by Crippen LogP contribution is -2.48. The van der Waals surface area contributed by atoms with E-state index in [-0.39, 0.29) is 5.56 Å². The molecule has 0 saturated heterocycles. The predicted octanol–water partition coefficient (Wildman–Crippen LogP) is 1.15. The molecular formula is C11H16N2O3. The quantitative estimate of drug-likeness (QED) is 0.832. The second kappa shape index (κ2) is 4.47. The van der Waals surface area contributed by atoms with Gasteiger partial charge < -0.3 is 5.11 Å². The highest BCUT2D eigenvalue weighted by Crippen LogP contribution is 2.22. The van der Waals surface area contributed by atoms with E-state index in [1.165, 1.54) is 6.07 Å². The third kappa shape index (κ3) is 1.85. The molecule has 88 valence electrons. The molecule has 0 aliphatic heterocycles.